The Morgan fingerprint density at radius 3 is 2.54 bits per heavy atom. The SMILES string of the molecule is CN(C)C(=O)c1cccc(C(=O)N2CCC=Cc3ccccc32)c1. The molecule has 1 aliphatic heterocycles. The van der Waals surface area contributed by atoms with Crippen LogP contribution in [0.4, 0.5) is 5.69 Å². The number of anilines is 1. The zero-order valence-corrected chi connectivity index (χ0v) is 13.9. The summed E-state index contributed by atoms with van der Waals surface area (Å²) >= 11 is 0. The second kappa shape index (κ2) is 6.71. The Kier molecular flexibility index (Phi) is 4.47. The zero-order valence-electron chi connectivity index (χ0n) is 13.9. The van der Waals surface area contributed by atoms with Gasteiger partial charge in [0, 0.05) is 31.8 Å². The topological polar surface area (TPSA) is 40.6 Å². The van der Waals surface area contributed by atoms with E-state index >= 15 is 0 Å². The van der Waals surface area contributed by atoms with Gasteiger partial charge in [0.2, 0.25) is 0 Å². The smallest absolute Gasteiger partial charge is 0.258 e. The van der Waals surface area contributed by atoms with Crippen LogP contribution in [0.15, 0.2) is 54.6 Å². The van der Waals surface area contributed by atoms with E-state index in [1.54, 1.807) is 43.3 Å². The molecule has 0 unspecified atom stereocenters. The number of carbonyl (C=O) groups excluding carboxylic acids is 2. The summed E-state index contributed by atoms with van der Waals surface area (Å²) in [6.07, 6.45) is 4.93. The molecule has 2 amide bonds. The van der Waals surface area contributed by atoms with Gasteiger partial charge in [0.1, 0.15) is 0 Å². The fourth-order valence-corrected chi connectivity index (χ4v) is 2.82. The fourth-order valence-electron chi connectivity index (χ4n) is 2.82. The van der Waals surface area contributed by atoms with Crippen molar-refractivity contribution in [3.63, 3.8) is 0 Å². The second-order valence-electron chi connectivity index (χ2n) is 5.99. The molecule has 3 rings (SSSR count). The minimum absolute atomic E-state index is 0.0837. The molecule has 2 aromatic carbocycles. The highest BCUT2D eigenvalue weighted by Gasteiger charge is 2.21. The fraction of sp³-hybridized carbons (Fsp3) is 0.200. The highest BCUT2D eigenvalue weighted by atomic mass is 16.2. The first kappa shape index (κ1) is 16.0. The summed E-state index contributed by atoms with van der Waals surface area (Å²) in [6.45, 7) is 0.623. The highest BCUT2D eigenvalue weighted by molar-refractivity contribution is 6.08. The lowest BCUT2D eigenvalue weighted by molar-refractivity contribution is 0.0827. The van der Waals surface area contributed by atoms with E-state index in [0.29, 0.717) is 17.7 Å². The average molecular weight is 320 g/mol. The van der Waals surface area contributed by atoms with Gasteiger partial charge in [-0.2, -0.15) is 0 Å². The van der Waals surface area contributed by atoms with Crippen molar-refractivity contribution in [2.45, 2.75) is 6.42 Å². The van der Waals surface area contributed by atoms with Gasteiger partial charge in [-0.25, -0.2) is 0 Å². The van der Waals surface area contributed by atoms with Crippen LogP contribution >= 0.6 is 0 Å². The summed E-state index contributed by atoms with van der Waals surface area (Å²) in [5.74, 6) is -0.192. The van der Waals surface area contributed by atoms with Crippen molar-refractivity contribution in [1.29, 1.82) is 0 Å². The normalized spacial score (nSPS) is 13.2. The van der Waals surface area contributed by atoms with E-state index in [2.05, 4.69) is 12.2 Å². The third kappa shape index (κ3) is 3.08. The van der Waals surface area contributed by atoms with E-state index in [-0.39, 0.29) is 11.8 Å². The molecular weight excluding hydrogens is 300 g/mol. The number of benzene rings is 2. The summed E-state index contributed by atoms with van der Waals surface area (Å²) in [6, 6.07) is 14.8. The molecule has 0 aliphatic carbocycles. The van der Waals surface area contributed by atoms with Crippen LogP contribution in [-0.2, 0) is 0 Å². The predicted octanol–water partition coefficient (Wildman–Crippen LogP) is 3.45. The van der Waals surface area contributed by atoms with Crippen molar-refractivity contribution in [3.8, 4) is 0 Å². The van der Waals surface area contributed by atoms with Gasteiger partial charge in [-0.3, -0.25) is 9.59 Å². The van der Waals surface area contributed by atoms with Gasteiger partial charge in [-0.1, -0.05) is 36.4 Å². The van der Waals surface area contributed by atoms with Crippen molar-refractivity contribution < 1.29 is 9.59 Å². The van der Waals surface area contributed by atoms with E-state index in [0.717, 1.165) is 17.7 Å². The first-order valence-corrected chi connectivity index (χ1v) is 7.97. The van der Waals surface area contributed by atoms with Crippen LogP contribution in [-0.4, -0.2) is 37.4 Å². The van der Waals surface area contributed by atoms with Crippen LogP contribution in [0.2, 0.25) is 0 Å². The maximum atomic E-state index is 13.0. The minimum atomic E-state index is -0.109. The van der Waals surface area contributed by atoms with Crippen LogP contribution in [0, 0.1) is 0 Å². The largest absolute Gasteiger partial charge is 0.345 e. The molecular formula is C20H20N2O2. The summed E-state index contributed by atoms with van der Waals surface area (Å²) < 4.78 is 0. The number of nitrogens with zero attached hydrogens (tertiary/aromatic N) is 2. The highest BCUT2D eigenvalue weighted by Crippen LogP contribution is 2.26. The lowest BCUT2D eigenvalue weighted by Gasteiger charge is -2.23. The van der Waals surface area contributed by atoms with Gasteiger partial charge in [0.15, 0.2) is 0 Å². The maximum absolute atomic E-state index is 13.0. The standard InChI is InChI=1S/C20H20N2O2/c1-21(2)19(23)16-10-7-11-17(14-16)20(24)22-13-6-5-9-15-8-3-4-12-18(15)22/h3-5,7-12,14H,6,13H2,1-2H3. The van der Waals surface area contributed by atoms with Gasteiger partial charge in [0.05, 0.1) is 5.69 Å². The average Bonchev–Trinajstić information content (AvgIpc) is 2.83. The predicted molar refractivity (Wildman–Crippen MR) is 96.2 cm³/mol. The Balaban J connectivity index is 1.96. The molecule has 0 saturated heterocycles. The molecule has 0 spiro atoms. The van der Waals surface area contributed by atoms with Crippen LogP contribution in [0.1, 0.15) is 32.7 Å². The summed E-state index contributed by atoms with van der Waals surface area (Å²) in [7, 11) is 3.40. The van der Waals surface area contributed by atoms with E-state index in [1.807, 2.05) is 24.3 Å². The van der Waals surface area contributed by atoms with Crippen molar-refractivity contribution in [1.82, 2.24) is 4.90 Å². The molecule has 122 valence electrons. The van der Waals surface area contributed by atoms with Crippen LogP contribution < -0.4 is 4.90 Å². The molecule has 0 bridgehead atoms. The van der Waals surface area contributed by atoms with Crippen molar-refractivity contribution in [2.24, 2.45) is 0 Å². The molecule has 0 atom stereocenters. The van der Waals surface area contributed by atoms with E-state index < -0.39 is 0 Å². The maximum Gasteiger partial charge on any atom is 0.258 e. The Morgan fingerprint density at radius 2 is 1.75 bits per heavy atom. The quantitative estimate of drug-likeness (QED) is 0.850. The Morgan fingerprint density at radius 1 is 1.00 bits per heavy atom. The van der Waals surface area contributed by atoms with Crippen molar-refractivity contribution >= 4 is 23.6 Å². The summed E-state index contributed by atoms with van der Waals surface area (Å²) in [5.41, 5.74) is 2.98. The molecule has 4 heteroatoms. The molecule has 2 aromatic rings. The van der Waals surface area contributed by atoms with Crippen LogP contribution in [0.3, 0.4) is 0 Å². The molecule has 0 radical (unpaired) electrons. The van der Waals surface area contributed by atoms with E-state index in [4.69, 9.17) is 0 Å². The first-order chi connectivity index (χ1) is 11.6. The molecule has 1 aliphatic rings. The number of para-hydroxylation sites is 1. The monoisotopic (exact) mass is 320 g/mol. The third-order valence-electron chi connectivity index (χ3n) is 4.05. The van der Waals surface area contributed by atoms with Crippen molar-refractivity contribution in [3.05, 3.63) is 71.3 Å². The first-order valence-electron chi connectivity index (χ1n) is 7.97. The zero-order chi connectivity index (χ0) is 17.1. The number of hydrogen-bond acceptors (Lipinski definition) is 2. The van der Waals surface area contributed by atoms with Gasteiger partial charge in [-0.05, 0) is 36.2 Å². The summed E-state index contributed by atoms with van der Waals surface area (Å²) in [5, 5.41) is 0. The number of amides is 2. The molecule has 0 saturated carbocycles. The minimum Gasteiger partial charge on any atom is -0.345 e. The summed E-state index contributed by atoms with van der Waals surface area (Å²) in [4.78, 5) is 28.5. The Hall–Kier alpha value is -2.88. The number of carbonyl (C=O) groups is 2. The molecule has 0 aromatic heterocycles. The van der Waals surface area contributed by atoms with Crippen LogP contribution in [0.25, 0.3) is 6.08 Å². The van der Waals surface area contributed by atoms with Gasteiger partial charge < -0.3 is 9.80 Å². The lowest BCUT2D eigenvalue weighted by atomic mass is 10.1. The number of hydrogen-bond donors (Lipinski definition) is 0. The van der Waals surface area contributed by atoms with Gasteiger partial charge in [-0.15, -0.1) is 0 Å². The molecule has 24 heavy (non-hydrogen) atoms. The van der Waals surface area contributed by atoms with Gasteiger partial charge >= 0.3 is 0 Å². The molecule has 1 heterocycles. The second-order valence-corrected chi connectivity index (χ2v) is 5.99. The van der Waals surface area contributed by atoms with Crippen LogP contribution in [0.5, 0.6) is 0 Å². The van der Waals surface area contributed by atoms with E-state index in [9.17, 15) is 9.59 Å². The number of rotatable bonds is 2. The lowest BCUT2D eigenvalue weighted by Crippen LogP contribution is -2.32. The van der Waals surface area contributed by atoms with E-state index in [1.165, 1.54) is 4.90 Å². The third-order valence-corrected chi connectivity index (χ3v) is 4.05. The Labute approximate surface area is 142 Å². The van der Waals surface area contributed by atoms with Crippen molar-refractivity contribution in [2.75, 3.05) is 25.5 Å². The molecule has 0 N–H and O–H groups in total. The number of fused-ring (bicyclic) bond motifs is 1. The molecule has 4 nitrogen and oxygen atoms in total. The van der Waals surface area contributed by atoms with Gasteiger partial charge in [0.25, 0.3) is 11.8 Å². The molecule has 0 fully saturated rings. The Bertz CT molecular complexity index is 809.